The van der Waals surface area contributed by atoms with Gasteiger partial charge in [-0.25, -0.2) is 4.79 Å². The summed E-state index contributed by atoms with van der Waals surface area (Å²) in [6, 6.07) is 4.08. The van der Waals surface area contributed by atoms with E-state index in [1.54, 1.807) is 23.1 Å². The predicted octanol–water partition coefficient (Wildman–Crippen LogP) is 1.78. The molecule has 0 aliphatic carbocycles. The zero-order valence-electron chi connectivity index (χ0n) is 14.0. The van der Waals surface area contributed by atoms with Gasteiger partial charge in [-0.3, -0.25) is 14.5 Å². The lowest BCUT2D eigenvalue weighted by Crippen LogP contribution is -2.39. The number of benzene rings is 1. The van der Waals surface area contributed by atoms with Crippen molar-refractivity contribution in [3.63, 3.8) is 0 Å². The predicted molar refractivity (Wildman–Crippen MR) is 91.3 cm³/mol. The molecular formula is C17H20ClN3O4. The van der Waals surface area contributed by atoms with Crippen LogP contribution in [0.3, 0.4) is 0 Å². The minimum Gasteiger partial charge on any atom is -0.491 e. The Bertz CT molecular complexity index is 709. The fourth-order valence-electron chi connectivity index (χ4n) is 3.03. The first-order chi connectivity index (χ1) is 12.0. The molecule has 2 heterocycles. The van der Waals surface area contributed by atoms with Gasteiger partial charge in [-0.2, -0.15) is 0 Å². The number of urea groups is 1. The molecule has 0 bridgehead atoms. The number of imide groups is 1. The van der Waals surface area contributed by atoms with Crippen molar-refractivity contribution in [1.82, 2.24) is 15.1 Å². The van der Waals surface area contributed by atoms with Crippen LogP contribution >= 0.6 is 11.6 Å². The van der Waals surface area contributed by atoms with E-state index in [-0.39, 0.29) is 18.2 Å². The topological polar surface area (TPSA) is 79.0 Å². The largest absolute Gasteiger partial charge is 0.491 e. The highest BCUT2D eigenvalue weighted by Crippen LogP contribution is 2.26. The van der Waals surface area contributed by atoms with E-state index in [2.05, 4.69) is 5.32 Å². The monoisotopic (exact) mass is 365 g/mol. The molecule has 7 nitrogen and oxygen atoms in total. The van der Waals surface area contributed by atoms with Gasteiger partial charge < -0.3 is 15.0 Å². The normalized spacial score (nSPS) is 20.0. The van der Waals surface area contributed by atoms with Crippen LogP contribution in [0.1, 0.15) is 25.3 Å². The number of rotatable bonds is 4. The number of ether oxygens (including phenoxy) is 1. The number of carbonyl (C=O) groups is 3. The molecule has 4 amide bonds. The quantitative estimate of drug-likeness (QED) is 0.825. The Morgan fingerprint density at radius 1 is 1.40 bits per heavy atom. The Labute approximate surface area is 150 Å². The standard InChI is InChI=1S/C17H20ClN3O4/c1-2-5-21-16(23)13(19-17(21)24)9-15(22)20-6-7-25-14-4-3-12(18)8-11(14)10-20/h3-4,8,13H,2,5-7,9-10H2,1H3,(H,19,24). The van der Waals surface area contributed by atoms with Crippen LogP contribution in [-0.2, 0) is 16.1 Å². The number of hydrogen-bond acceptors (Lipinski definition) is 4. The van der Waals surface area contributed by atoms with Crippen LogP contribution < -0.4 is 10.1 Å². The van der Waals surface area contributed by atoms with Gasteiger partial charge in [0.25, 0.3) is 5.91 Å². The van der Waals surface area contributed by atoms with Crippen LogP contribution in [0.25, 0.3) is 0 Å². The van der Waals surface area contributed by atoms with Crippen molar-refractivity contribution in [2.75, 3.05) is 19.7 Å². The third-order valence-electron chi connectivity index (χ3n) is 4.29. The van der Waals surface area contributed by atoms with Gasteiger partial charge in [-0.05, 0) is 24.6 Å². The number of fused-ring (bicyclic) bond motifs is 1. The summed E-state index contributed by atoms with van der Waals surface area (Å²) < 4.78 is 5.64. The molecule has 134 valence electrons. The van der Waals surface area contributed by atoms with Crippen LogP contribution in [0, 0.1) is 0 Å². The van der Waals surface area contributed by atoms with Crippen LogP contribution in [-0.4, -0.2) is 53.4 Å². The van der Waals surface area contributed by atoms with Gasteiger partial charge in [0.05, 0.1) is 13.0 Å². The molecule has 1 N–H and O–H groups in total. The lowest BCUT2D eigenvalue weighted by molar-refractivity contribution is -0.136. The Hall–Kier alpha value is -2.28. The summed E-state index contributed by atoms with van der Waals surface area (Å²) in [6.07, 6.45) is 0.627. The number of nitrogens with one attached hydrogen (secondary N) is 1. The van der Waals surface area contributed by atoms with E-state index in [0.717, 1.165) is 5.56 Å². The van der Waals surface area contributed by atoms with Crippen LogP contribution in [0.15, 0.2) is 18.2 Å². The maximum atomic E-state index is 12.6. The van der Waals surface area contributed by atoms with E-state index in [1.807, 2.05) is 6.92 Å². The molecule has 2 aliphatic rings. The third-order valence-corrected chi connectivity index (χ3v) is 4.52. The lowest BCUT2D eigenvalue weighted by Gasteiger charge is -2.21. The summed E-state index contributed by atoms with van der Waals surface area (Å²) in [7, 11) is 0. The van der Waals surface area contributed by atoms with Gasteiger partial charge in [-0.15, -0.1) is 0 Å². The van der Waals surface area contributed by atoms with Gasteiger partial charge in [0, 0.05) is 23.7 Å². The average molecular weight is 366 g/mol. The Kier molecular flexibility index (Phi) is 5.13. The van der Waals surface area contributed by atoms with E-state index in [1.165, 1.54) is 4.90 Å². The molecule has 25 heavy (non-hydrogen) atoms. The second kappa shape index (κ2) is 7.31. The molecule has 1 fully saturated rings. The fraction of sp³-hybridized carbons (Fsp3) is 0.471. The summed E-state index contributed by atoms with van der Waals surface area (Å²) in [4.78, 5) is 39.5. The molecule has 2 aliphatic heterocycles. The second-order valence-electron chi connectivity index (χ2n) is 6.11. The fourth-order valence-corrected chi connectivity index (χ4v) is 3.22. The molecule has 0 aromatic heterocycles. The second-order valence-corrected chi connectivity index (χ2v) is 6.55. The first-order valence-electron chi connectivity index (χ1n) is 8.30. The zero-order chi connectivity index (χ0) is 18.0. The van der Waals surface area contributed by atoms with Gasteiger partial charge in [-0.1, -0.05) is 18.5 Å². The van der Waals surface area contributed by atoms with Crippen molar-refractivity contribution in [3.8, 4) is 5.75 Å². The Morgan fingerprint density at radius 2 is 2.20 bits per heavy atom. The van der Waals surface area contributed by atoms with E-state index >= 15 is 0 Å². The maximum Gasteiger partial charge on any atom is 0.324 e. The number of hydrogen-bond donors (Lipinski definition) is 1. The minimum absolute atomic E-state index is 0.0549. The average Bonchev–Trinajstić information content (AvgIpc) is 2.76. The molecule has 1 atom stereocenters. The zero-order valence-corrected chi connectivity index (χ0v) is 14.7. The minimum atomic E-state index is -0.797. The highest BCUT2D eigenvalue weighted by atomic mass is 35.5. The molecule has 3 rings (SSSR count). The van der Waals surface area contributed by atoms with Gasteiger partial charge in [0.1, 0.15) is 18.4 Å². The molecule has 1 aromatic rings. The first kappa shape index (κ1) is 17.5. The summed E-state index contributed by atoms with van der Waals surface area (Å²) in [6.45, 7) is 3.39. The van der Waals surface area contributed by atoms with Crippen molar-refractivity contribution >= 4 is 29.4 Å². The summed E-state index contributed by atoms with van der Waals surface area (Å²) >= 11 is 6.02. The van der Waals surface area contributed by atoms with Crippen molar-refractivity contribution in [3.05, 3.63) is 28.8 Å². The smallest absolute Gasteiger partial charge is 0.324 e. The summed E-state index contributed by atoms with van der Waals surface area (Å²) in [5.41, 5.74) is 0.827. The third kappa shape index (κ3) is 3.71. The van der Waals surface area contributed by atoms with Gasteiger partial charge in [0.2, 0.25) is 5.91 Å². The van der Waals surface area contributed by atoms with Gasteiger partial charge >= 0.3 is 6.03 Å². The van der Waals surface area contributed by atoms with Crippen molar-refractivity contribution in [1.29, 1.82) is 0 Å². The van der Waals surface area contributed by atoms with Crippen LogP contribution in [0.2, 0.25) is 5.02 Å². The van der Waals surface area contributed by atoms with E-state index in [9.17, 15) is 14.4 Å². The number of nitrogens with zero attached hydrogens (tertiary/aromatic N) is 2. The number of halogens is 1. The molecule has 1 aromatic carbocycles. The van der Waals surface area contributed by atoms with E-state index in [0.29, 0.717) is 43.4 Å². The molecule has 0 spiro atoms. The summed E-state index contributed by atoms with van der Waals surface area (Å²) in [5.74, 6) is 0.169. The molecule has 0 radical (unpaired) electrons. The van der Waals surface area contributed by atoms with E-state index < -0.39 is 12.1 Å². The molecular weight excluding hydrogens is 346 g/mol. The highest BCUT2D eigenvalue weighted by molar-refractivity contribution is 6.30. The van der Waals surface area contributed by atoms with Crippen molar-refractivity contribution in [2.24, 2.45) is 0 Å². The van der Waals surface area contributed by atoms with Gasteiger partial charge in [0.15, 0.2) is 0 Å². The van der Waals surface area contributed by atoms with E-state index in [4.69, 9.17) is 16.3 Å². The Balaban J connectivity index is 1.67. The Morgan fingerprint density at radius 3 is 2.96 bits per heavy atom. The lowest BCUT2D eigenvalue weighted by atomic mass is 10.1. The molecule has 1 unspecified atom stereocenters. The highest BCUT2D eigenvalue weighted by Gasteiger charge is 2.39. The number of amides is 4. The van der Waals surface area contributed by atoms with Crippen molar-refractivity contribution in [2.45, 2.75) is 32.4 Å². The van der Waals surface area contributed by atoms with Crippen LogP contribution in [0.5, 0.6) is 5.75 Å². The SMILES string of the molecule is CCCN1C(=O)NC(CC(=O)N2CCOc3ccc(Cl)cc3C2)C1=O. The molecule has 0 saturated carbocycles. The summed E-state index contributed by atoms with van der Waals surface area (Å²) in [5, 5.41) is 3.16. The van der Waals surface area contributed by atoms with Crippen molar-refractivity contribution < 1.29 is 19.1 Å². The molecule has 1 saturated heterocycles. The molecule has 8 heteroatoms. The number of carbonyl (C=O) groups excluding carboxylic acids is 3. The van der Waals surface area contributed by atoms with Crippen LogP contribution in [0.4, 0.5) is 4.79 Å². The first-order valence-corrected chi connectivity index (χ1v) is 8.68. The maximum absolute atomic E-state index is 12.6.